The molecule has 0 fully saturated rings. The van der Waals surface area contributed by atoms with Crippen molar-refractivity contribution >= 4 is 5.84 Å². The molecule has 0 spiro atoms. The summed E-state index contributed by atoms with van der Waals surface area (Å²) in [5.41, 5.74) is 1.90. The van der Waals surface area contributed by atoms with Crippen LogP contribution in [0.2, 0.25) is 0 Å². The molecule has 0 saturated carbocycles. The first-order valence-electron chi connectivity index (χ1n) is 4.07. The fourth-order valence-electron chi connectivity index (χ4n) is 0.650. The van der Waals surface area contributed by atoms with Gasteiger partial charge in [0, 0.05) is 12.7 Å². The highest BCUT2D eigenvalue weighted by Gasteiger charge is 2.03. The lowest BCUT2D eigenvalue weighted by atomic mass is 10.1. The second-order valence-corrected chi connectivity index (χ2v) is 3.16. The fourth-order valence-corrected chi connectivity index (χ4v) is 0.650. The topological polar surface area (TPSA) is 24.4 Å². The molecule has 2 heteroatoms. The summed E-state index contributed by atoms with van der Waals surface area (Å²) in [6.07, 6.45) is 0. The molecule has 0 aromatic heterocycles. The zero-order valence-electron chi connectivity index (χ0n) is 8.44. The van der Waals surface area contributed by atoms with Gasteiger partial charge in [0.15, 0.2) is 0 Å². The number of hydrogen-bond donors (Lipinski definition) is 1. The van der Waals surface area contributed by atoms with Crippen molar-refractivity contribution in [2.75, 3.05) is 7.05 Å². The molecule has 2 nitrogen and oxygen atoms in total. The third-order valence-corrected chi connectivity index (χ3v) is 1.60. The Morgan fingerprint density at radius 2 is 1.83 bits per heavy atom. The smallest absolute Gasteiger partial charge is 0.127 e. The number of allylic oxidation sites excluding steroid dienone is 1. The molecule has 12 heavy (non-hydrogen) atoms. The van der Waals surface area contributed by atoms with E-state index in [1.54, 1.807) is 7.05 Å². The molecule has 0 rings (SSSR count). The minimum Gasteiger partial charge on any atom is -0.344 e. The van der Waals surface area contributed by atoms with E-state index in [4.69, 9.17) is 0 Å². The zero-order chi connectivity index (χ0) is 9.72. The van der Waals surface area contributed by atoms with Gasteiger partial charge in [-0.05, 0) is 18.4 Å². The Balaban J connectivity index is 4.24. The summed E-state index contributed by atoms with van der Waals surface area (Å²) in [6, 6.07) is 0. The number of aliphatic imine (C=N–C) groups is 1. The Morgan fingerprint density at radius 3 is 2.08 bits per heavy atom. The number of rotatable bonds is 3. The van der Waals surface area contributed by atoms with Crippen molar-refractivity contribution in [1.29, 1.82) is 0 Å². The largest absolute Gasteiger partial charge is 0.344 e. The second-order valence-electron chi connectivity index (χ2n) is 3.16. The van der Waals surface area contributed by atoms with Crippen LogP contribution in [0.15, 0.2) is 29.4 Å². The highest BCUT2D eigenvalue weighted by Crippen LogP contribution is 2.03. The van der Waals surface area contributed by atoms with Crippen molar-refractivity contribution in [3.05, 3.63) is 24.4 Å². The zero-order valence-corrected chi connectivity index (χ0v) is 8.44. The van der Waals surface area contributed by atoms with Gasteiger partial charge in [-0.15, -0.1) is 0 Å². The monoisotopic (exact) mass is 166 g/mol. The number of hydrogen-bond acceptors (Lipinski definition) is 1. The quantitative estimate of drug-likeness (QED) is 0.505. The van der Waals surface area contributed by atoms with Crippen LogP contribution in [-0.4, -0.2) is 12.9 Å². The van der Waals surface area contributed by atoms with Crippen LogP contribution < -0.4 is 5.32 Å². The van der Waals surface area contributed by atoms with Crippen LogP contribution in [0.4, 0.5) is 0 Å². The van der Waals surface area contributed by atoms with Gasteiger partial charge in [0.2, 0.25) is 0 Å². The van der Waals surface area contributed by atoms with Gasteiger partial charge in [-0.2, -0.15) is 0 Å². The standard InChI is InChI=1S/C10H18N2/c1-7(2)9(5)12-10(11-6)8(3)4/h7H,3,5H2,1-2,4,6H3,(H,11,12). The number of nitrogens with zero attached hydrogens (tertiary/aromatic N) is 1. The molecule has 0 aliphatic rings. The van der Waals surface area contributed by atoms with Gasteiger partial charge in [-0.25, -0.2) is 0 Å². The Morgan fingerprint density at radius 1 is 1.33 bits per heavy atom. The summed E-state index contributed by atoms with van der Waals surface area (Å²) in [4.78, 5) is 4.06. The molecule has 68 valence electrons. The molecule has 0 amide bonds. The summed E-state index contributed by atoms with van der Waals surface area (Å²) < 4.78 is 0. The van der Waals surface area contributed by atoms with Gasteiger partial charge in [-0.3, -0.25) is 4.99 Å². The van der Waals surface area contributed by atoms with E-state index in [-0.39, 0.29) is 0 Å². The van der Waals surface area contributed by atoms with Gasteiger partial charge >= 0.3 is 0 Å². The molecule has 0 aliphatic heterocycles. The van der Waals surface area contributed by atoms with E-state index in [9.17, 15) is 0 Å². The lowest BCUT2D eigenvalue weighted by Gasteiger charge is -2.14. The Labute approximate surface area is 75.1 Å². The highest BCUT2D eigenvalue weighted by molar-refractivity contribution is 5.98. The summed E-state index contributed by atoms with van der Waals surface area (Å²) >= 11 is 0. The van der Waals surface area contributed by atoms with Crippen molar-refractivity contribution in [3.63, 3.8) is 0 Å². The van der Waals surface area contributed by atoms with E-state index in [0.717, 1.165) is 17.1 Å². The highest BCUT2D eigenvalue weighted by atomic mass is 15.0. The molecule has 0 atom stereocenters. The van der Waals surface area contributed by atoms with E-state index in [1.165, 1.54) is 0 Å². The van der Waals surface area contributed by atoms with Gasteiger partial charge in [0.25, 0.3) is 0 Å². The van der Waals surface area contributed by atoms with Crippen molar-refractivity contribution in [2.24, 2.45) is 10.9 Å². The lowest BCUT2D eigenvalue weighted by Crippen LogP contribution is -2.25. The van der Waals surface area contributed by atoms with E-state index in [1.807, 2.05) is 6.92 Å². The van der Waals surface area contributed by atoms with Crippen LogP contribution in [0, 0.1) is 5.92 Å². The van der Waals surface area contributed by atoms with Gasteiger partial charge in [0.1, 0.15) is 5.84 Å². The van der Waals surface area contributed by atoms with Crippen molar-refractivity contribution in [1.82, 2.24) is 5.32 Å². The van der Waals surface area contributed by atoms with Gasteiger partial charge in [-0.1, -0.05) is 27.0 Å². The molecule has 0 radical (unpaired) electrons. The normalized spacial score (nSPS) is 11.6. The molecule has 0 bridgehead atoms. The third kappa shape index (κ3) is 3.37. The van der Waals surface area contributed by atoms with E-state index < -0.39 is 0 Å². The van der Waals surface area contributed by atoms with Crippen LogP contribution in [0.3, 0.4) is 0 Å². The molecular formula is C10H18N2. The molecule has 1 N–H and O–H groups in total. The Kier molecular flexibility index (Phi) is 4.34. The van der Waals surface area contributed by atoms with Crippen LogP contribution in [-0.2, 0) is 0 Å². The van der Waals surface area contributed by atoms with Gasteiger partial charge in [0.05, 0.1) is 0 Å². The van der Waals surface area contributed by atoms with Crippen LogP contribution in [0.1, 0.15) is 20.8 Å². The lowest BCUT2D eigenvalue weighted by molar-refractivity contribution is 0.730. The molecule has 0 saturated heterocycles. The Hall–Kier alpha value is -1.05. The van der Waals surface area contributed by atoms with Crippen LogP contribution >= 0.6 is 0 Å². The summed E-state index contributed by atoms with van der Waals surface area (Å²) in [6.45, 7) is 13.8. The molecule has 0 aromatic carbocycles. The maximum atomic E-state index is 4.06. The molecule has 0 aliphatic carbocycles. The molecular weight excluding hydrogens is 148 g/mol. The maximum Gasteiger partial charge on any atom is 0.127 e. The minimum absolute atomic E-state index is 0.418. The summed E-state index contributed by atoms with van der Waals surface area (Å²) in [5, 5.41) is 3.12. The van der Waals surface area contributed by atoms with Gasteiger partial charge < -0.3 is 5.32 Å². The van der Waals surface area contributed by atoms with Crippen molar-refractivity contribution < 1.29 is 0 Å². The first-order valence-corrected chi connectivity index (χ1v) is 4.07. The first kappa shape index (κ1) is 11.0. The molecule has 0 unspecified atom stereocenters. The van der Waals surface area contributed by atoms with Crippen LogP contribution in [0.5, 0.6) is 0 Å². The van der Waals surface area contributed by atoms with Crippen LogP contribution in [0.25, 0.3) is 0 Å². The second kappa shape index (κ2) is 4.75. The SMILES string of the molecule is C=C(C)/C(=N/C)NC(=C)C(C)C. The fraction of sp³-hybridized carbons (Fsp3) is 0.500. The maximum absolute atomic E-state index is 4.06. The molecule has 0 aromatic rings. The summed E-state index contributed by atoms with van der Waals surface area (Å²) in [7, 11) is 1.74. The summed E-state index contributed by atoms with van der Waals surface area (Å²) in [5.74, 6) is 1.23. The number of amidine groups is 1. The van der Waals surface area contributed by atoms with Crippen molar-refractivity contribution in [3.8, 4) is 0 Å². The van der Waals surface area contributed by atoms with E-state index in [2.05, 4.69) is 37.3 Å². The minimum atomic E-state index is 0.418. The van der Waals surface area contributed by atoms with E-state index >= 15 is 0 Å². The Bertz CT molecular complexity index is 212. The average Bonchev–Trinajstić information content (AvgIpc) is 1.98. The predicted molar refractivity (Wildman–Crippen MR) is 55.3 cm³/mol. The van der Waals surface area contributed by atoms with Crippen molar-refractivity contribution in [2.45, 2.75) is 20.8 Å². The predicted octanol–water partition coefficient (Wildman–Crippen LogP) is 2.35. The molecule has 0 heterocycles. The first-order chi connectivity index (χ1) is 5.49. The third-order valence-electron chi connectivity index (χ3n) is 1.60. The van der Waals surface area contributed by atoms with E-state index in [0.29, 0.717) is 5.92 Å². The average molecular weight is 166 g/mol. The number of nitrogens with one attached hydrogen (secondary N) is 1.